The van der Waals surface area contributed by atoms with Crippen molar-refractivity contribution >= 4 is 0 Å². The van der Waals surface area contributed by atoms with Crippen LogP contribution in [-0.4, -0.2) is 61.7 Å². The highest BCUT2D eigenvalue weighted by Gasteiger charge is 2.10. The fraction of sp³-hybridized carbons (Fsp3) is 0.400. The molecule has 1 atom stereocenters. The highest BCUT2D eigenvalue weighted by Crippen LogP contribution is 2.19. The summed E-state index contributed by atoms with van der Waals surface area (Å²) < 4.78 is 16.1. The Kier molecular flexibility index (Phi) is 8.21. The Morgan fingerprint density at radius 3 is 2.42 bits per heavy atom. The van der Waals surface area contributed by atoms with E-state index in [0.29, 0.717) is 25.4 Å². The molecule has 0 radical (unpaired) electrons. The Morgan fingerprint density at radius 2 is 1.73 bits per heavy atom. The van der Waals surface area contributed by atoms with E-state index in [2.05, 4.69) is 0 Å². The van der Waals surface area contributed by atoms with E-state index in [1.807, 2.05) is 54.4 Å². The van der Waals surface area contributed by atoms with Crippen LogP contribution in [0.4, 0.5) is 0 Å². The van der Waals surface area contributed by atoms with Crippen LogP contribution in [0.3, 0.4) is 0 Å². The largest absolute Gasteiger partial charge is 0.497 e. The van der Waals surface area contributed by atoms with Crippen molar-refractivity contribution in [2.24, 2.45) is 0 Å². The zero-order valence-corrected chi connectivity index (χ0v) is 15.3. The third kappa shape index (κ3) is 6.92. The number of rotatable bonds is 11. The molecule has 0 heterocycles. The predicted octanol–water partition coefficient (Wildman–Crippen LogP) is 1.94. The van der Waals surface area contributed by atoms with Crippen LogP contribution in [-0.2, 0) is 6.54 Å². The summed E-state index contributed by atoms with van der Waals surface area (Å²) in [4.78, 5) is 2.03. The minimum atomic E-state index is -0.599. The SMILES string of the molecule is COc1cccc(OCC(O)CN(C)Cc2ccc(OCCO)cc2)c1. The average molecular weight is 361 g/mol. The highest BCUT2D eigenvalue weighted by molar-refractivity contribution is 5.32. The lowest BCUT2D eigenvalue weighted by Crippen LogP contribution is -2.32. The average Bonchev–Trinajstić information content (AvgIpc) is 2.66. The number of hydrogen-bond donors (Lipinski definition) is 2. The van der Waals surface area contributed by atoms with Crippen LogP contribution in [0.15, 0.2) is 48.5 Å². The smallest absolute Gasteiger partial charge is 0.123 e. The third-order valence-electron chi connectivity index (χ3n) is 3.74. The first-order valence-electron chi connectivity index (χ1n) is 8.56. The van der Waals surface area contributed by atoms with Gasteiger partial charge in [-0.2, -0.15) is 0 Å². The lowest BCUT2D eigenvalue weighted by atomic mass is 10.2. The first-order chi connectivity index (χ1) is 12.6. The first-order valence-corrected chi connectivity index (χ1v) is 8.56. The van der Waals surface area contributed by atoms with Crippen LogP contribution < -0.4 is 14.2 Å². The molecule has 0 aliphatic carbocycles. The van der Waals surface area contributed by atoms with E-state index >= 15 is 0 Å². The van der Waals surface area contributed by atoms with Crippen LogP contribution >= 0.6 is 0 Å². The number of nitrogens with zero attached hydrogens (tertiary/aromatic N) is 1. The van der Waals surface area contributed by atoms with Crippen LogP contribution in [0, 0.1) is 0 Å². The Balaban J connectivity index is 1.74. The number of likely N-dealkylation sites (N-methyl/N-ethyl adjacent to an activating group) is 1. The maximum absolute atomic E-state index is 10.2. The molecule has 2 N–H and O–H groups in total. The molecule has 0 saturated carbocycles. The number of aliphatic hydroxyl groups is 2. The van der Waals surface area contributed by atoms with E-state index in [0.717, 1.165) is 17.1 Å². The number of hydrogen-bond acceptors (Lipinski definition) is 6. The number of methoxy groups -OCH3 is 1. The minimum Gasteiger partial charge on any atom is -0.497 e. The van der Waals surface area contributed by atoms with E-state index in [1.54, 1.807) is 13.2 Å². The molecule has 0 spiro atoms. The summed E-state index contributed by atoms with van der Waals surface area (Å²) in [5.74, 6) is 2.13. The van der Waals surface area contributed by atoms with Gasteiger partial charge < -0.3 is 24.4 Å². The van der Waals surface area contributed by atoms with Gasteiger partial charge in [0.25, 0.3) is 0 Å². The van der Waals surface area contributed by atoms with E-state index in [9.17, 15) is 5.11 Å². The molecule has 1 unspecified atom stereocenters. The molecule has 6 heteroatoms. The highest BCUT2D eigenvalue weighted by atomic mass is 16.5. The molecule has 2 rings (SSSR count). The molecule has 0 aromatic heterocycles. The molecule has 2 aromatic carbocycles. The van der Waals surface area contributed by atoms with Gasteiger partial charge in [-0.3, -0.25) is 4.90 Å². The quantitative estimate of drug-likeness (QED) is 0.637. The summed E-state index contributed by atoms with van der Waals surface area (Å²) in [5.41, 5.74) is 1.12. The standard InChI is InChI=1S/C20H27NO5/c1-21(13-16-6-8-18(9-7-16)25-11-10-22)14-17(23)15-26-20-5-3-4-19(12-20)24-2/h3-9,12,17,22-23H,10-11,13-15H2,1-2H3. The van der Waals surface area contributed by atoms with Gasteiger partial charge in [0.15, 0.2) is 0 Å². The second kappa shape index (κ2) is 10.7. The summed E-state index contributed by atoms with van der Waals surface area (Å²) in [5, 5.41) is 18.9. The predicted molar refractivity (Wildman–Crippen MR) is 99.9 cm³/mol. The van der Waals surface area contributed by atoms with E-state index in [4.69, 9.17) is 19.3 Å². The third-order valence-corrected chi connectivity index (χ3v) is 3.74. The fourth-order valence-corrected chi connectivity index (χ4v) is 2.53. The zero-order valence-electron chi connectivity index (χ0n) is 15.3. The fourth-order valence-electron chi connectivity index (χ4n) is 2.53. The molecule has 0 amide bonds. The first kappa shape index (κ1) is 20.0. The maximum Gasteiger partial charge on any atom is 0.123 e. The molecular formula is C20H27NO5. The molecule has 142 valence electrons. The van der Waals surface area contributed by atoms with E-state index in [-0.39, 0.29) is 13.2 Å². The van der Waals surface area contributed by atoms with Gasteiger partial charge in [-0.15, -0.1) is 0 Å². The topological polar surface area (TPSA) is 71.4 Å². The lowest BCUT2D eigenvalue weighted by molar-refractivity contribution is 0.0743. The van der Waals surface area contributed by atoms with Crippen LogP contribution in [0.1, 0.15) is 5.56 Å². The van der Waals surface area contributed by atoms with Gasteiger partial charge in [-0.1, -0.05) is 18.2 Å². The van der Waals surface area contributed by atoms with Crippen molar-refractivity contribution in [2.45, 2.75) is 12.6 Å². The zero-order chi connectivity index (χ0) is 18.8. The van der Waals surface area contributed by atoms with Crippen molar-refractivity contribution in [1.82, 2.24) is 4.90 Å². The van der Waals surface area contributed by atoms with Crippen molar-refractivity contribution in [3.8, 4) is 17.2 Å². The van der Waals surface area contributed by atoms with Gasteiger partial charge in [0, 0.05) is 19.2 Å². The van der Waals surface area contributed by atoms with Gasteiger partial charge in [-0.05, 0) is 36.9 Å². The van der Waals surface area contributed by atoms with E-state index < -0.39 is 6.10 Å². The molecule has 0 aliphatic rings. The molecular weight excluding hydrogens is 334 g/mol. The minimum absolute atomic E-state index is 0.000210. The summed E-state index contributed by atoms with van der Waals surface area (Å²) in [6.45, 7) is 1.70. The van der Waals surface area contributed by atoms with Crippen molar-refractivity contribution in [3.63, 3.8) is 0 Å². The maximum atomic E-state index is 10.2. The van der Waals surface area contributed by atoms with Crippen LogP contribution in [0.25, 0.3) is 0 Å². The molecule has 0 fully saturated rings. The van der Waals surface area contributed by atoms with Gasteiger partial charge in [0.1, 0.15) is 36.6 Å². The number of aliphatic hydroxyl groups excluding tert-OH is 2. The molecule has 0 bridgehead atoms. The van der Waals surface area contributed by atoms with Crippen LogP contribution in [0.2, 0.25) is 0 Å². The van der Waals surface area contributed by atoms with Gasteiger partial charge in [0.05, 0.1) is 13.7 Å². The second-order valence-electron chi connectivity index (χ2n) is 6.06. The molecule has 2 aromatic rings. The van der Waals surface area contributed by atoms with Crippen molar-refractivity contribution in [1.29, 1.82) is 0 Å². The van der Waals surface area contributed by atoms with Gasteiger partial charge >= 0.3 is 0 Å². The molecule has 0 saturated heterocycles. The normalized spacial score (nSPS) is 12.0. The van der Waals surface area contributed by atoms with E-state index in [1.165, 1.54) is 0 Å². The van der Waals surface area contributed by atoms with Crippen molar-refractivity contribution in [2.75, 3.05) is 40.5 Å². The summed E-state index contributed by atoms with van der Waals surface area (Å²) in [6.07, 6.45) is -0.599. The van der Waals surface area contributed by atoms with Crippen LogP contribution in [0.5, 0.6) is 17.2 Å². The van der Waals surface area contributed by atoms with Gasteiger partial charge in [0.2, 0.25) is 0 Å². The van der Waals surface area contributed by atoms with Crippen molar-refractivity contribution < 1.29 is 24.4 Å². The Morgan fingerprint density at radius 1 is 1.00 bits per heavy atom. The Bertz CT molecular complexity index is 647. The number of ether oxygens (including phenoxy) is 3. The summed E-state index contributed by atoms with van der Waals surface area (Å²) in [6, 6.07) is 15.0. The molecule has 0 aliphatic heterocycles. The summed E-state index contributed by atoms with van der Waals surface area (Å²) >= 11 is 0. The van der Waals surface area contributed by atoms with Gasteiger partial charge in [-0.25, -0.2) is 0 Å². The Labute approximate surface area is 154 Å². The molecule has 26 heavy (non-hydrogen) atoms. The number of benzene rings is 2. The molecule has 6 nitrogen and oxygen atoms in total. The monoisotopic (exact) mass is 361 g/mol. The summed E-state index contributed by atoms with van der Waals surface area (Å²) in [7, 11) is 3.55. The second-order valence-corrected chi connectivity index (χ2v) is 6.06. The van der Waals surface area contributed by atoms with Crippen molar-refractivity contribution in [3.05, 3.63) is 54.1 Å². The lowest BCUT2D eigenvalue weighted by Gasteiger charge is -2.21. The Hall–Kier alpha value is -2.28.